The maximum absolute atomic E-state index is 12.9. The molecule has 1 aliphatic rings. The smallest absolute Gasteiger partial charge is 0.420 e. The summed E-state index contributed by atoms with van der Waals surface area (Å²) in [6, 6.07) is 3.00. The summed E-state index contributed by atoms with van der Waals surface area (Å²) in [5, 5.41) is 0.263. The van der Waals surface area contributed by atoms with Gasteiger partial charge in [-0.3, -0.25) is 19.2 Å². The van der Waals surface area contributed by atoms with Crippen LogP contribution in [0.2, 0.25) is 5.02 Å². The highest BCUT2D eigenvalue weighted by atomic mass is 35.5. The zero-order valence-electron chi connectivity index (χ0n) is 18.6. The van der Waals surface area contributed by atoms with Gasteiger partial charge < -0.3 is 18.6 Å². The first kappa shape index (κ1) is 23.7. The number of aryl methyl sites for hydroxylation is 1. The van der Waals surface area contributed by atoms with Crippen LogP contribution in [0, 0.1) is 24.2 Å². The lowest BCUT2D eigenvalue weighted by molar-refractivity contribution is -0.323. The molecule has 10 heteroatoms. The third-order valence-electron chi connectivity index (χ3n) is 4.78. The van der Waals surface area contributed by atoms with E-state index in [2.05, 4.69) is 4.98 Å². The van der Waals surface area contributed by atoms with E-state index in [1.165, 1.54) is 12.1 Å². The van der Waals surface area contributed by atoms with Crippen molar-refractivity contribution in [2.24, 2.45) is 17.3 Å². The number of hydrogen-bond acceptors (Lipinski definition) is 9. The minimum absolute atomic E-state index is 0.228. The van der Waals surface area contributed by atoms with Crippen LogP contribution >= 0.6 is 11.6 Å². The number of benzene rings is 1. The number of ether oxygens (including phenoxy) is 3. The molecule has 1 aromatic carbocycles. The molecule has 9 nitrogen and oxygen atoms in total. The molecule has 0 N–H and O–H groups in total. The SMILES string of the molecule is CC(=O)OC(C)(OC(=O)[C@H]1C[C@@H]1C(=O)c1cc(Cl)c2nc(C)oc2c1)OC(=O)C(C)(C)C. The lowest BCUT2D eigenvalue weighted by atomic mass is 9.97. The minimum atomic E-state index is -2.25. The summed E-state index contributed by atoms with van der Waals surface area (Å²) in [5.74, 6) is -5.95. The number of fused-ring (bicyclic) bond motifs is 1. The van der Waals surface area contributed by atoms with Crippen molar-refractivity contribution in [1.82, 2.24) is 4.98 Å². The maximum Gasteiger partial charge on any atom is 0.420 e. The summed E-state index contributed by atoms with van der Waals surface area (Å²) >= 11 is 6.20. The molecule has 1 heterocycles. The molecule has 0 saturated heterocycles. The zero-order valence-corrected chi connectivity index (χ0v) is 19.4. The van der Waals surface area contributed by atoms with Crippen molar-refractivity contribution >= 4 is 46.4 Å². The van der Waals surface area contributed by atoms with E-state index in [0.717, 1.165) is 13.8 Å². The summed E-state index contributed by atoms with van der Waals surface area (Å²) in [5.41, 5.74) is 0.170. The lowest BCUT2D eigenvalue weighted by Gasteiger charge is -2.30. The monoisotopic (exact) mass is 465 g/mol. The van der Waals surface area contributed by atoms with Crippen molar-refractivity contribution in [3.63, 3.8) is 0 Å². The van der Waals surface area contributed by atoms with Crippen molar-refractivity contribution in [2.45, 2.75) is 53.9 Å². The molecule has 1 aromatic heterocycles. The van der Waals surface area contributed by atoms with Crippen LogP contribution in [0.15, 0.2) is 16.5 Å². The molecule has 0 spiro atoms. The number of nitrogens with zero attached hydrogens (tertiary/aromatic N) is 1. The van der Waals surface area contributed by atoms with E-state index in [4.69, 9.17) is 30.2 Å². The number of hydrogen-bond donors (Lipinski definition) is 0. The summed E-state index contributed by atoms with van der Waals surface area (Å²) in [7, 11) is 0. The highest BCUT2D eigenvalue weighted by molar-refractivity contribution is 6.35. The molecule has 1 fully saturated rings. The topological polar surface area (TPSA) is 122 Å². The van der Waals surface area contributed by atoms with Crippen molar-refractivity contribution < 1.29 is 37.8 Å². The van der Waals surface area contributed by atoms with Gasteiger partial charge in [-0.1, -0.05) is 11.6 Å². The molecule has 0 aliphatic heterocycles. The Morgan fingerprint density at radius 3 is 2.31 bits per heavy atom. The molecular weight excluding hydrogens is 442 g/mol. The summed E-state index contributed by atoms with van der Waals surface area (Å²) in [6.07, 6.45) is 0.228. The summed E-state index contributed by atoms with van der Waals surface area (Å²) in [6.45, 7) is 8.69. The molecule has 3 atom stereocenters. The quantitative estimate of drug-likeness (QED) is 0.354. The number of carbonyl (C=O) groups is 4. The summed E-state index contributed by atoms with van der Waals surface area (Å²) in [4.78, 5) is 53.4. The third-order valence-corrected chi connectivity index (χ3v) is 5.06. The van der Waals surface area contributed by atoms with E-state index in [9.17, 15) is 19.2 Å². The van der Waals surface area contributed by atoms with Gasteiger partial charge in [-0.05, 0) is 39.3 Å². The number of Topliss-reactive ketones (excluding diaryl/α,β-unsaturated/α-hetero) is 1. The Kier molecular flexibility index (Phi) is 6.08. The van der Waals surface area contributed by atoms with E-state index in [-0.39, 0.29) is 22.8 Å². The van der Waals surface area contributed by atoms with E-state index in [0.29, 0.717) is 17.0 Å². The van der Waals surface area contributed by atoms with Crippen molar-refractivity contribution in [2.75, 3.05) is 0 Å². The molecule has 0 amide bonds. The van der Waals surface area contributed by atoms with E-state index in [1.807, 2.05) is 0 Å². The van der Waals surface area contributed by atoms with Gasteiger partial charge in [-0.25, -0.2) is 4.98 Å². The van der Waals surface area contributed by atoms with Gasteiger partial charge in [0.2, 0.25) is 0 Å². The Labute approximate surface area is 189 Å². The first-order chi connectivity index (χ1) is 14.7. The first-order valence-electron chi connectivity index (χ1n) is 9.97. The zero-order chi connectivity index (χ0) is 24.0. The molecule has 1 aliphatic carbocycles. The number of rotatable bonds is 6. The second-order valence-electron chi connectivity index (χ2n) is 8.87. The van der Waals surface area contributed by atoms with Gasteiger partial charge in [0.15, 0.2) is 17.3 Å². The fourth-order valence-electron chi connectivity index (χ4n) is 3.10. The standard InChI is InChI=1S/C22H24ClNO8/c1-10-24-17-15(23)7-12(8-16(17)29-10)18(26)13-9-14(13)19(27)31-22(6,30-11(2)25)32-20(28)21(3,4)5/h7-8,13-14H,9H2,1-6H3/t13-,14-,22?/m0/s1. The molecule has 1 saturated carbocycles. The molecule has 2 aromatic rings. The average Bonchev–Trinajstić information content (AvgIpc) is 3.34. The lowest BCUT2D eigenvalue weighted by Crippen LogP contribution is -2.44. The normalized spacial score (nSPS) is 19.7. The molecule has 0 radical (unpaired) electrons. The second-order valence-corrected chi connectivity index (χ2v) is 9.27. The van der Waals surface area contributed by atoms with Crippen molar-refractivity contribution in [1.29, 1.82) is 0 Å². The molecular formula is C22H24ClNO8. The van der Waals surface area contributed by atoms with Crippen molar-refractivity contribution in [3.8, 4) is 0 Å². The average molecular weight is 466 g/mol. The molecule has 172 valence electrons. The van der Waals surface area contributed by atoms with Gasteiger partial charge in [0.1, 0.15) is 5.52 Å². The van der Waals surface area contributed by atoms with Gasteiger partial charge >= 0.3 is 23.9 Å². The van der Waals surface area contributed by atoms with Crippen LogP contribution in [0.1, 0.15) is 57.3 Å². The number of ketones is 1. The number of halogens is 1. The number of esters is 3. The number of carbonyl (C=O) groups excluding carboxylic acids is 4. The Hall–Kier alpha value is -2.94. The first-order valence-corrected chi connectivity index (χ1v) is 10.3. The fraction of sp³-hybridized carbons (Fsp3) is 0.500. The molecule has 3 rings (SSSR count). The predicted molar refractivity (Wildman–Crippen MR) is 111 cm³/mol. The number of oxazole rings is 1. The Bertz CT molecular complexity index is 1120. The minimum Gasteiger partial charge on any atom is -0.441 e. The Morgan fingerprint density at radius 2 is 1.72 bits per heavy atom. The van der Waals surface area contributed by atoms with Gasteiger partial charge in [-0.2, -0.15) is 0 Å². The van der Waals surface area contributed by atoms with Crippen LogP contribution in [-0.2, 0) is 28.6 Å². The van der Waals surface area contributed by atoms with Crippen LogP contribution in [0.5, 0.6) is 0 Å². The van der Waals surface area contributed by atoms with Gasteiger partial charge in [0.05, 0.1) is 23.3 Å². The highest BCUT2D eigenvalue weighted by Crippen LogP contribution is 2.43. The van der Waals surface area contributed by atoms with Crippen molar-refractivity contribution in [3.05, 3.63) is 28.6 Å². The molecule has 32 heavy (non-hydrogen) atoms. The van der Waals surface area contributed by atoms with Crippen LogP contribution in [-0.4, -0.2) is 34.6 Å². The third kappa shape index (κ3) is 5.09. The Morgan fingerprint density at radius 1 is 1.06 bits per heavy atom. The second kappa shape index (κ2) is 8.20. The van der Waals surface area contributed by atoms with Crippen LogP contribution in [0.3, 0.4) is 0 Å². The van der Waals surface area contributed by atoms with Crippen LogP contribution < -0.4 is 0 Å². The largest absolute Gasteiger partial charge is 0.441 e. The molecule has 0 bridgehead atoms. The van der Waals surface area contributed by atoms with Crippen LogP contribution in [0.4, 0.5) is 0 Å². The number of aromatic nitrogens is 1. The van der Waals surface area contributed by atoms with Gasteiger partial charge in [-0.15, -0.1) is 0 Å². The van der Waals surface area contributed by atoms with E-state index in [1.54, 1.807) is 27.7 Å². The van der Waals surface area contributed by atoms with Gasteiger partial charge in [0, 0.05) is 25.3 Å². The van der Waals surface area contributed by atoms with E-state index < -0.39 is 41.1 Å². The summed E-state index contributed by atoms with van der Waals surface area (Å²) < 4.78 is 20.8. The van der Waals surface area contributed by atoms with E-state index >= 15 is 0 Å². The molecule has 1 unspecified atom stereocenters. The predicted octanol–water partition coefficient (Wildman–Crippen LogP) is 3.98. The maximum atomic E-state index is 12.9. The fourth-order valence-corrected chi connectivity index (χ4v) is 3.36. The van der Waals surface area contributed by atoms with Gasteiger partial charge in [0.25, 0.3) is 0 Å². The Balaban J connectivity index is 1.72. The van der Waals surface area contributed by atoms with Crippen LogP contribution in [0.25, 0.3) is 11.1 Å². The highest BCUT2D eigenvalue weighted by Gasteiger charge is 2.52.